The van der Waals surface area contributed by atoms with Crippen molar-refractivity contribution in [2.45, 2.75) is 52.1 Å². The van der Waals surface area contributed by atoms with E-state index in [0.717, 1.165) is 12.8 Å². The molecule has 1 aliphatic rings. The molecule has 2 amide bonds. The van der Waals surface area contributed by atoms with Gasteiger partial charge in [-0.25, -0.2) is 0 Å². The average molecular weight is 367 g/mol. The number of amides is 2. The van der Waals surface area contributed by atoms with Crippen LogP contribution in [-0.4, -0.2) is 30.5 Å². The fourth-order valence-corrected chi connectivity index (χ4v) is 2.93. The Morgan fingerprint density at radius 2 is 1.92 bits per heavy atom. The van der Waals surface area contributed by atoms with Crippen LogP contribution >= 0.6 is 11.6 Å². The van der Waals surface area contributed by atoms with Gasteiger partial charge >= 0.3 is 0 Å². The predicted octanol–water partition coefficient (Wildman–Crippen LogP) is 3.16. The summed E-state index contributed by atoms with van der Waals surface area (Å²) in [5.74, 6) is 1.24. The molecule has 0 heterocycles. The normalized spacial score (nSPS) is 21.1. The van der Waals surface area contributed by atoms with Crippen molar-refractivity contribution in [3.8, 4) is 5.75 Å². The van der Waals surface area contributed by atoms with E-state index in [0.29, 0.717) is 23.1 Å². The van der Waals surface area contributed by atoms with Crippen molar-refractivity contribution in [1.82, 2.24) is 10.6 Å². The number of hydrogen-bond acceptors (Lipinski definition) is 3. The van der Waals surface area contributed by atoms with E-state index >= 15 is 0 Å². The molecule has 25 heavy (non-hydrogen) atoms. The summed E-state index contributed by atoms with van der Waals surface area (Å²) in [6.07, 6.45) is 2.53. The molecular formula is C19H27ClN2O3. The summed E-state index contributed by atoms with van der Waals surface area (Å²) in [6.45, 7) is 6.03. The molecule has 5 nitrogen and oxygen atoms in total. The van der Waals surface area contributed by atoms with Gasteiger partial charge in [0.1, 0.15) is 5.75 Å². The maximum atomic E-state index is 12.0. The Hall–Kier alpha value is -1.75. The van der Waals surface area contributed by atoms with Crippen molar-refractivity contribution in [3.05, 3.63) is 29.3 Å². The molecule has 0 aliphatic heterocycles. The molecule has 2 N–H and O–H groups in total. The van der Waals surface area contributed by atoms with Gasteiger partial charge in [-0.3, -0.25) is 9.59 Å². The maximum absolute atomic E-state index is 12.0. The number of rotatable bonds is 9. The van der Waals surface area contributed by atoms with Gasteiger partial charge in [0.2, 0.25) is 5.91 Å². The van der Waals surface area contributed by atoms with Gasteiger partial charge in [-0.2, -0.15) is 0 Å². The molecule has 1 saturated carbocycles. The summed E-state index contributed by atoms with van der Waals surface area (Å²) >= 11 is 5.81. The third-order valence-electron chi connectivity index (χ3n) is 4.51. The van der Waals surface area contributed by atoms with E-state index in [2.05, 4.69) is 17.6 Å². The largest absolute Gasteiger partial charge is 0.484 e. The Kier molecular flexibility index (Phi) is 7.12. The molecule has 6 heteroatoms. The van der Waals surface area contributed by atoms with Gasteiger partial charge in [0.25, 0.3) is 5.91 Å². The van der Waals surface area contributed by atoms with E-state index in [1.165, 1.54) is 0 Å². The molecule has 0 radical (unpaired) electrons. The van der Waals surface area contributed by atoms with E-state index < -0.39 is 0 Å². The highest BCUT2D eigenvalue weighted by Crippen LogP contribution is 2.37. The standard InChI is InChI=1S/C19H27ClN2O3/c1-4-15(22-19(24)17-9-12(17)2)10-13(3)21-18(23)11-25-16-7-5-14(20)6-8-16/h5-8,12-13,15,17H,4,9-11H2,1-3H3,(H,21,23)(H,22,24). The Morgan fingerprint density at radius 3 is 2.48 bits per heavy atom. The van der Waals surface area contributed by atoms with Crippen molar-refractivity contribution in [3.63, 3.8) is 0 Å². The molecule has 0 aromatic heterocycles. The Labute approximate surface area is 154 Å². The van der Waals surface area contributed by atoms with Crippen LogP contribution in [0, 0.1) is 11.8 Å². The quantitative estimate of drug-likeness (QED) is 0.705. The number of benzene rings is 1. The summed E-state index contributed by atoms with van der Waals surface area (Å²) in [5.41, 5.74) is 0. The molecular weight excluding hydrogens is 340 g/mol. The smallest absolute Gasteiger partial charge is 0.258 e. The number of halogens is 1. The molecule has 0 bridgehead atoms. The molecule has 1 aromatic carbocycles. The van der Waals surface area contributed by atoms with Gasteiger partial charge < -0.3 is 15.4 Å². The fraction of sp³-hybridized carbons (Fsp3) is 0.579. The molecule has 2 rings (SSSR count). The summed E-state index contributed by atoms with van der Waals surface area (Å²) in [5, 5.41) is 6.63. The zero-order valence-electron chi connectivity index (χ0n) is 15.0. The van der Waals surface area contributed by atoms with Crippen LogP contribution in [-0.2, 0) is 9.59 Å². The van der Waals surface area contributed by atoms with Crippen LogP contribution in [0.15, 0.2) is 24.3 Å². The van der Waals surface area contributed by atoms with Gasteiger partial charge in [-0.05, 0) is 56.4 Å². The molecule has 4 atom stereocenters. The second-order valence-corrected chi connectivity index (χ2v) is 7.32. The number of nitrogens with one attached hydrogen (secondary N) is 2. The van der Waals surface area contributed by atoms with Gasteiger partial charge in [0.05, 0.1) is 0 Å². The van der Waals surface area contributed by atoms with Crippen LogP contribution in [0.3, 0.4) is 0 Å². The zero-order valence-corrected chi connectivity index (χ0v) is 15.8. The fourth-order valence-electron chi connectivity index (χ4n) is 2.81. The van der Waals surface area contributed by atoms with E-state index in [4.69, 9.17) is 16.3 Å². The lowest BCUT2D eigenvalue weighted by molar-refractivity contribution is -0.123. The monoisotopic (exact) mass is 366 g/mol. The first-order valence-corrected chi connectivity index (χ1v) is 9.25. The summed E-state index contributed by atoms with van der Waals surface area (Å²) < 4.78 is 5.43. The van der Waals surface area contributed by atoms with Crippen molar-refractivity contribution >= 4 is 23.4 Å². The molecule has 1 aromatic rings. The Bertz CT molecular complexity index is 591. The minimum absolute atomic E-state index is 0.0387. The first-order chi connectivity index (χ1) is 11.9. The van der Waals surface area contributed by atoms with E-state index in [1.807, 2.05) is 13.8 Å². The van der Waals surface area contributed by atoms with Crippen LogP contribution in [0.4, 0.5) is 0 Å². The molecule has 138 valence electrons. The number of carbonyl (C=O) groups is 2. The third-order valence-corrected chi connectivity index (χ3v) is 4.77. The maximum Gasteiger partial charge on any atom is 0.258 e. The minimum atomic E-state index is -0.181. The van der Waals surface area contributed by atoms with Crippen molar-refractivity contribution in [2.75, 3.05) is 6.61 Å². The molecule has 1 fully saturated rings. The number of hydrogen-bond donors (Lipinski definition) is 2. The predicted molar refractivity (Wildman–Crippen MR) is 98.7 cm³/mol. The molecule has 0 spiro atoms. The molecule has 0 saturated heterocycles. The first kappa shape index (κ1) is 19.6. The molecule has 1 aliphatic carbocycles. The minimum Gasteiger partial charge on any atom is -0.484 e. The Balaban J connectivity index is 1.70. The Morgan fingerprint density at radius 1 is 1.28 bits per heavy atom. The number of ether oxygens (including phenoxy) is 1. The average Bonchev–Trinajstić information content (AvgIpc) is 3.30. The van der Waals surface area contributed by atoms with Crippen LogP contribution in [0.2, 0.25) is 5.02 Å². The third kappa shape index (κ3) is 6.58. The molecule has 4 unspecified atom stereocenters. The first-order valence-electron chi connectivity index (χ1n) is 8.87. The summed E-state index contributed by atoms with van der Waals surface area (Å²) in [6, 6.07) is 6.91. The second kappa shape index (κ2) is 9.09. The SMILES string of the molecule is CCC(CC(C)NC(=O)COc1ccc(Cl)cc1)NC(=O)C1CC1C. The lowest BCUT2D eigenvalue weighted by Crippen LogP contribution is -2.43. The van der Waals surface area contributed by atoms with E-state index in [9.17, 15) is 9.59 Å². The highest BCUT2D eigenvalue weighted by atomic mass is 35.5. The van der Waals surface area contributed by atoms with Gasteiger partial charge in [0.15, 0.2) is 6.61 Å². The van der Waals surface area contributed by atoms with Crippen molar-refractivity contribution in [2.24, 2.45) is 11.8 Å². The number of carbonyl (C=O) groups excluding carboxylic acids is 2. The van der Waals surface area contributed by atoms with Crippen molar-refractivity contribution < 1.29 is 14.3 Å². The van der Waals surface area contributed by atoms with Gasteiger partial charge in [-0.1, -0.05) is 25.4 Å². The van der Waals surface area contributed by atoms with Crippen molar-refractivity contribution in [1.29, 1.82) is 0 Å². The van der Waals surface area contributed by atoms with Crippen LogP contribution < -0.4 is 15.4 Å². The van der Waals surface area contributed by atoms with Crippen LogP contribution in [0.1, 0.15) is 40.0 Å². The zero-order chi connectivity index (χ0) is 18.4. The van der Waals surface area contributed by atoms with E-state index in [1.54, 1.807) is 24.3 Å². The topological polar surface area (TPSA) is 67.4 Å². The summed E-state index contributed by atoms with van der Waals surface area (Å²) in [4.78, 5) is 24.0. The lowest BCUT2D eigenvalue weighted by atomic mass is 10.1. The highest BCUT2D eigenvalue weighted by Gasteiger charge is 2.39. The van der Waals surface area contributed by atoms with Crippen LogP contribution in [0.25, 0.3) is 0 Å². The second-order valence-electron chi connectivity index (χ2n) is 6.88. The van der Waals surface area contributed by atoms with Crippen LogP contribution in [0.5, 0.6) is 5.75 Å². The van der Waals surface area contributed by atoms with Gasteiger partial charge in [-0.15, -0.1) is 0 Å². The highest BCUT2D eigenvalue weighted by molar-refractivity contribution is 6.30. The van der Waals surface area contributed by atoms with Gasteiger partial charge in [0, 0.05) is 23.0 Å². The lowest BCUT2D eigenvalue weighted by Gasteiger charge is -2.22. The van der Waals surface area contributed by atoms with E-state index in [-0.39, 0.29) is 36.4 Å². The summed E-state index contributed by atoms with van der Waals surface area (Å²) in [7, 11) is 0.